The van der Waals surface area contributed by atoms with E-state index in [0.717, 1.165) is 18.1 Å². The van der Waals surface area contributed by atoms with Crippen LogP contribution >= 0.6 is 0 Å². The molecule has 3 heteroatoms. The Kier molecular flexibility index (Phi) is 4.24. The monoisotopic (exact) mass is 237 g/mol. The van der Waals surface area contributed by atoms with E-state index < -0.39 is 0 Å². The highest BCUT2D eigenvalue weighted by atomic mass is 16.5. The minimum Gasteiger partial charge on any atom is -0.464 e. The molecule has 0 spiro atoms. The molecule has 2 atom stereocenters. The number of nitrogens with two attached hydrogens (primary N) is 1. The SMILES string of the molecule is Cc1ccc(C(OCC2CCCC2)C(C)N)o1. The van der Waals surface area contributed by atoms with Crippen molar-refractivity contribution in [2.24, 2.45) is 11.7 Å². The average molecular weight is 237 g/mol. The van der Waals surface area contributed by atoms with Crippen molar-refractivity contribution < 1.29 is 9.15 Å². The van der Waals surface area contributed by atoms with Crippen molar-refractivity contribution in [2.75, 3.05) is 6.61 Å². The third-order valence-electron chi connectivity index (χ3n) is 3.51. The Labute approximate surface area is 103 Å². The number of furan rings is 1. The zero-order valence-corrected chi connectivity index (χ0v) is 10.8. The van der Waals surface area contributed by atoms with Crippen molar-refractivity contribution in [3.05, 3.63) is 23.7 Å². The van der Waals surface area contributed by atoms with Crippen molar-refractivity contribution >= 4 is 0 Å². The molecule has 1 saturated carbocycles. The third kappa shape index (κ3) is 3.33. The molecule has 0 radical (unpaired) electrons. The first-order valence-electron chi connectivity index (χ1n) is 6.60. The molecule has 1 aliphatic carbocycles. The lowest BCUT2D eigenvalue weighted by molar-refractivity contribution is 0.00386. The summed E-state index contributed by atoms with van der Waals surface area (Å²) in [5.41, 5.74) is 5.98. The summed E-state index contributed by atoms with van der Waals surface area (Å²) in [6.45, 7) is 4.72. The maximum Gasteiger partial charge on any atom is 0.134 e. The summed E-state index contributed by atoms with van der Waals surface area (Å²) in [5.74, 6) is 2.48. The first kappa shape index (κ1) is 12.7. The number of rotatable bonds is 5. The number of aryl methyl sites for hydroxylation is 1. The van der Waals surface area contributed by atoms with E-state index in [1.807, 2.05) is 26.0 Å². The van der Waals surface area contributed by atoms with Crippen molar-refractivity contribution in [1.82, 2.24) is 0 Å². The van der Waals surface area contributed by atoms with Crippen LogP contribution < -0.4 is 5.73 Å². The van der Waals surface area contributed by atoms with Crippen LogP contribution in [0, 0.1) is 12.8 Å². The molecule has 0 amide bonds. The van der Waals surface area contributed by atoms with Crippen LogP contribution in [0.4, 0.5) is 0 Å². The van der Waals surface area contributed by atoms with Gasteiger partial charge in [0.1, 0.15) is 17.6 Å². The fraction of sp³-hybridized carbons (Fsp3) is 0.714. The predicted octanol–water partition coefficient (Wildman–Crippen LogP) is 3.18. The largest absolute Gasteiger partial charge is 0.464 e. The minimum atomic E-state index is -0.107. The molecule has 1 fully saturated rings. The molecule has 3 nitrogen and oxygen atoms in total. The highest BCUT2D eigenvalue weighted by molar-refractivity contribution is 5.09. The Bertz CT molecular complexity index is 340. The lowest BCUT2D eigenvalue weighted by Gasteiger charge is -2.21. The van der Waals surface area contributed by atoms with Gasteiger partial charge >= 0.3 is 0 Å². The Balaban J connectivity index is 1.92. The van der Waals surface area contributed by atoms with Gasteiger partial charge in [0, 0.05) is 6.04 Å². The van der Waals surface area contributed by atoms with Gasteiger partial charge < -0.3 is 14.9 Å². The maximum absolute atomic E-state index is 5.98. The summed E-state index contributed by atoms with van der Waals surface area (Å²) in [6, 6.07) is 3.89. The van der Waals surface area contributed by atoms with Crippen LogP contribution in [0.1, 0.15) is 50.2 Å². The van der Waals surface area contributed by atoms with Crippen LogP contribution in [0.25, 0.3) is 0 Å². The smallest absolute Gasteiger partial charge is 0.134 e. The van der Waals surface area contributed by atoms with E-state index in [2.05, 4.69) is 0 Å². The topological polar surface area (TPSA) is 48.4 Å². The molecule has 2 N–H and O–H groups in total. The van der Waals surface area contributed by atoms with Crippen molar-refractivity contribution in [3.63, 3.8) is 0 Å². The molecule has 1 aromatic rings. The van der Waals surface area contributed by atoms with Gasteiger partial charge in [-0.05, 0) is 44.7 Å². The van der Waals surface area contributed by atoms with E-state index in [-0.39, 0.29) is 12.1 Å². The molecule has 2 rings (SSSR count). The quantitative estimate of drug-likeness (QED) is 0.855. The molecular weight excluding hydrogens is 214 g/mol. The highest BCUT2D eigenvalue weighted by Crippen LogP contribution is 2.28. The van der Waals surface area contributed by atoms with E-state index in [1.54, 1.807) is 0 Å². The summed E-state index contributed by atoms with van der Waals surface area (Å²) in [5, 5.41) is 0. The zero-order valence-electron chi connectivity index (χ0n) is 10.8. The molecule has 0 bridgehead atoms. The Hall–Kier alpha value is -0.800. The first-order valence-corrected chi connectivity index (χ1v) is 6.60. The molecule has 2 unspecified atom stereocenters. The van der Waals surface area contributed by atoms with Crippen LogP contribution in [0.5, 0.6) is 0 Å². The third-order valence-corrected chi connectivity index (χ3v) is 3.51. The summed E-state index contributed by atoms with van der Waals surface area (Å²) in [4.78, 5) is 0. The van der Waals surface area contributed by atoms with Crippen LogP contribution in [-0.2, 0) is 4.74 Å². The standard InChI is InChI=1S/C14H23NO2/c1-10-7-8-13(17-10)14(11(2)15)16-9-12-5-3-4-6-12/h7-8,11-12,14H,3-6,9,15H2,1-2H3. The van der Waals surface area contributed by atoms with Crippen LogP contribution in [0.2, 0.25) is 0 Å². The van der Waals surface area contributed by atoms with Crippen molar-refractivity contribution in [3.8, 4) is 0 Å². The van der Waals surface area contributed by atoms with Gasteiger partial charge in [0.25, 0.3) is 0 Å². The van der Waals surface area contributed by atoms with Gasteiger partial charge in [0.05, 0.1) is 6.61 Å². The van der Waals surface area contributed by atoms with E-state index in [0.29, 0.717) is 5.92 Å². The molecule has 0 aromatic carbocycles. The number of hydrogen-bond acceptors (Lipinski definition) is 3. The summed E-state index contributed by atoms with van der Waals surface area (Å²) in [7, 11) is 0. The van der Waals surface area contributed by atoms with Crippen molar-refractivity contribution in [2.45, 2.75) is 51.7 Å². The highest BCUT2D eigenvalue weighted by Gasteiger charge is 2.23. The minimum absolute atomic E-state index is 0.0399. The fourth-order valence-corrected chi connectivity index (χ4v) is 2.52. The molecule has 1 aliphatic rings. The van der Waals surface area contributed by atoms with Gasteiger partial charge in [0.2, 0.25) is 0 Å². The molecule has 0 saturated heterocycles. The summed E-state index contributed by atoms with van der Waals surface area (Å²) < 4.78 is 11.6. The number of ether oxygens (including phenoxy) is 1. The second-order valence-corrected chi connectivity index (χ2v) is 5.21. The van der Waals surface area contributed by atoms with E-state index >= 15 is 0 Å². The van der Waals surface area contributed by atoms with Crippen molar-refractivity contribution in [1.29, 1.82) is 0 Å². The summed E-state index contributed by atoms with van der Waals surface area (Å²) >= 11 is 0. The van der Waals surface area contributed by atoms with Crippen LogP contribution in [0.3, 0.4) is 0 Å². The second kappa shape index (κ2) is 5.69. The average Bonchev–Trinajstić information content (AvgIpc) is 2.90. The second-order valence-electron chi connectivity index (χ2n) is 5.21. The zero-order chi connectivity index (χ0) is 12.3. The first-order chi connectivity index (χ1) is 8.16. The van der Waals surface area contributed by atoms with Crippen LogP contribution in [0.15, 0.2) is 16.5 Å². The van der Waals surface area contributed by atoms with Gasteiger partial charge in [-0.1, -0.05) is 12.8 Å². The Morgan fingerprint density at radius 3 is 2.65 bits per heavy atom. The van der Waals surface area contributed by atoms with E-state index in [1.165, 1.54) is 25.7 Å². The Morgan fingerprint density at radius 2 is 2.12 bits per heavy atom. The van der Waals surface area contributed by atoms with Crippen LogP contribution in [-0.4, -0.2) is 12.6 Å². The fourth-order valence-electron chi connectivity index (χ4n) is 2.52. The van der Waals surface area contributed by atoms with Gasteiger partial charge in [-0.15, -0.1) is 0 Å². The molecular formula is C14H23NO2. The molecule has 0 aliphatic heterocycles. The lowest BCUT2D eigenvalue weighted by Crippen LogP contribution is -2.28. The molecule has 1 heterocycles. The Morgan fingerprint density at radius 1 is 1.41 bits per heavy atom. The maximum atomic E-state index is 5.98. The van der Waals surface area contributed by atoms with Gasteiger partial charge in [-0.3, -0.25) is 0 Å². The predicted molar refractivity (Wildman–Crippen MR) is 67.7 cm³/mol. The normalized spacial score (nSPS) is 20.6. The van der Waals surface area contributed by atoms with E-state index in [9.17, 15) is 0 Å². The van der Waals surface area contributed by atoms with Gasteiger partial charge in [0.15, 0.2) is 0 Å². The summed E-state index contributed by atoms with van der Waals surface area (Å²) in [6.07, 6.45) is 5.17. The van der Waals surface area contributed by atoms with Gasteiger partial charge in [-0.25, -0.2) is 0 Å². The molecule has 17 heavy (non-hydrogen) atoms. The molecule has 1 aromatic heterocycles. The lowest BCUT2D eigenvalue weighted by atomic mass is 10.1. The molecule has 96 valence electrons. The number of hydrogen-bond donors (Lipinski definition) is 1. The van der Waals surface area contributed by atoms with Gasteiger partial charge in [-0.2, -0.15) is 0 Å². The van der Waals surface area contributed by atoms with E-state index in [4.69, 9.17) is 14.9 Å².